The summed E-state index contributed by atoms with van der Waals surface area (Å²) in [5.74, 6) is -5.28. The summed E-state index contributed by atoms with van der Waals surface area (Å²) in [5.41, 5.74) is 6.21. The van der Waals surface area contributed by atoms with E-state index in [1.54, 1.807) is 6.20 Å². The molecule has 1 aliphatic heterocycles. The van der Waals surface area contributed by atoms with Gasteiger partial charge in [0.1, 0.15) is 11.3 Å². The lowest BCUT2D eigenvalue weighted by Gasteiger charge is -2.32. The number of pyridine rings is 2. The first-order valence-electron chi connectivity index (χ1n) is 12.9. The Hall–Kier alpha value is -4.60. The van der Waals surface area contributed by atoms with Gasteiger partial charge in [-0.15, -0.1) is 0 Å². The molecule has 0 aliphatic carbocycles. The number of carbonyl (C=O) groups is 2. The fourth-order valence-corrected chi connectivity index (χ4v) is 4.29. The minimum Gasteiger partial charge on any atom is -0.475 e. The zero-order chi connectivity index (χ0) is 32.7. The first-order chi connectivity index (χ1) is 20.6. The number of aromatic nitrogens is 4. The van der Waals surface area contributed by atoms with Crippen molar-refractivity contribution in [2.45, 2.75) is 37.7 Å². The van der Waals surface area contributed by atoms with Gasteiger partial charge in [-0.05, 0) is 61.8 Å². The largest absolute Gasteiger partial charge is 0.490 e. The molecule has 0 spiro atoms. The molecule has 1 saturated heterocycles. The first-order valence-corrected chi connectivity index (χ1v) is 12.9. The summed E-state index contributed by atoms with van der Waals surface area (Å²) in [7, 11) is 2.03. The van der Waals surface area contributed by atoms with Crippen LogP contribution in [0.25, 0.3) is 22.3 Å². The summed E-state index contributed by atoms with van der Waals surface area (Å²) in [6.07, 6.45) is -2.57. The SMILES string of the molecule is Cn1cnc2c(-c3cccnc3)nc(C3CCN(Cc4ccc(F)cc4)CC3)cc21.O=C(O)C(F)(F)F.O=C(O)C(F)(F)F. The van der Waals surface area contributed by atoms with Gasteiger partial charge in [0, 0.05) is 43.2 Å². The molecule has 16 heteroatoms. The van der Waals surface area contributed by atoms with Gasteiger partial charge < -0.3 is 14.8 Å². The highest BCUT2D eigenvalue weighted by Gasteiger charge is 2.38. The second kappa shape index (κ2) is 14.2. The van der Waals surface area contributed by atoms with Crippen LogP contribution in [0.15, 0.2) is 61.2 Å². The van der Waals surface area contributed by atoms with E-state index in [-0.39, 0.29) is 5.82 Å². The number of alkyl halides is 6. The number of hydrogen-bond donors (Lipinski definition) is 2. The number of fused-ring (bicyclic) bond motifs is 1. The Morgan fingerprint density at radius 1 is 0.955 bits per heavy atom. The van der Waals surface area contributed by atoms with E-state index < -0.39 is 24.3 Å². The van der Waals surface area contributed by atoms with Crippen molar-refractivity contribution in [3.8, 4) is 11.3 Å². The van der Waals surface area contributed by atoms with Crippen LogP contribution in [0.1, 0.15) is 30.0 Å². The number of carboxylic acid groups (broad SMARTS) is 2. The molecule has 2 N–H and O–H groups in total. The molecule has 3 aromatic heterocycles. The standard InChI is InChI=1S/C24H24FN5.2C2HF3O2/c1-29-16-27-24-22(29)13-21(28-23(24)19-3-2-10-26-14-19)18-8-11-30(12-9-18)15-17-4-6-20(25)7-5-17;2*3-2(4,5)1(6)7/h2-7,10,13-14,16,18H,8-9,11-12,15H2,1H3;2*(H,6,7). The maximum Gasteiger partial charge on any atom is 0.490 e. The predicted molar refractivity (Wildman–Crippen MR) is 143 cm³/mol. The molecule has 4 heterocycles. The zero-order valence-corrected chi connectivity index (χ0v) is 23.0. The minimum atomic E-state index is -5.08. The molecule has 0 bridgehead atoms. The van der Waals surface area contributed by atoms with Gasteiger partial charge in [-0.2, -0.15) is 26.3 Å². The van der Waals surface area contributed by atoms with Crippen LogP contribution in [0.2, 0.25) is 0 Å². The number of likely N-dealkylation sites (tertiary alicyclic amines) is 1. The van der Waals surface area contributed by atoms with Crippen molar-refractivity contribution in [3.63, 3.8) is 0 Å². The molecule has 0 amide bonds. The third-order valence-corrected chi connectivity index (χ3v) is 6.48. The second-order valence-electron chi connectivity index (χ2n) is 9.64. The van der Waals surface area contributed by atoms with Crippen LogP contribution >= 0.6 is 0 Å². The molecule has 0 atom stereocenters. The molecule has 0 unspecified atom stereocenters. The summed E-state index contributed by atoms with van der Waals surface area (Å²) in [6.45, 7) is 2.88. The second-order valence-corrected chi connectivity index (χ2v) is 9.64. The fourth-order valence-electron chi connectivity index (χ4n) is 4.29. The average molecular weight is 630 g/mol. The monoisotopic (exact) mass is 629 g/mol. The number of aryl methyl sites for hydroxylation is 1. The van der Waals surface area contributed by atoms with Gasteiger partial charge in [0.25, 0.3) is 0 Å². The smallest absolute Gasteiger partial charge is 0.475 e. The molecule has 1 aliphatic rings. The highest BCUT2D eigenvalue weighted by molar-refractivity contribution is 5.89. The number of hydrogen-bond acceptors (Lipinski definition) is 6. The van der Waals surface area contributed by atoms with Gasteiger partial charge in [-0.3, -0.25) is 14.9 Å². The molecule has 9 nitrogen and oxygen atoms in total. The highest BCUT2D eigenvalue weighted by Crippen LogP contribution is 2.33. The van der Waals surface area contributed by atoms with E-state index >= 15 is 0 Å². The van der Waals surface area contributed by atoms with Crippen LogP contribution in [-0.4, -0.2) is 72.0 Å². The lowest BCUT2D eigenvalue weighted by atomic mass is 9.92. The molecule has 0 radical (unpaired) electrons. The minimum absolute atomic E-state index is 0.182. The van der Waals surface area contributed by atoms with Crippen LogP contribution in [0.3, 0.4) is 0 Å². The number of imidazole rings is 1. The normalized spacial score (nSPS) is 14.3. The molecule has 236 valence electrons. The van der Waals surface area contributed by atoms with Crippen molar-refractivity contribution in [2.24, 2.45) is 7.05 Å². The van der Waals surface area contributed by atoms with Crippen LogP contribution in [0.4, 0.5) is 30.7 Å². The van der Waals surface area contributed by atoms with Crippen LogP contribution in [-0.2, 0) is 23.2 Å². The summed E-state index contributed by atoms with van der Waals surface area (Å²) in [4.78, 5) is 34.1. The van der Waals surface area contributed by atoms with Gasteiger partial charge >= 0.3 is 24.3 Å². The summed E-state index contributed by atoms with van der Waals surface area (Å²) in [5, 5.41) is 14.2. The van der Waals surface area contributed by atoms with Gasteiger partial charge in [0.15, 0.2) is 0 Å². The Morgan fingerprint density at radius 3 is 2.02 bits per heavy atom. The topological polar surface area (TPSA) is 121 Å². The van der Waals surface area contributed by atoms with E-state index in [1.807, 2.05) is 43.8 Å². The quantitative estimate of drug-likeness (QED) is 0.271. The van der Waals surface area contributed by atoms with E-state index in [4.69, 9.17) is 24.8 Å². The molecule has 4 aromatic rings. The van der Waals surface area contributed by atoms with Gasteiger partial charge in [-0.1, -0.05) is 12.1 Å². The molecule has 1 fully saturated rings. The summed E-state index contributed by atoms with van der Waals surface area (Å²) in [6, 6.07) is 13.0. The fraction of sp³-hybridized carbons (Fsp3) is 0.321. The van der Waals surface area contributed by atoms with Gasteiger partial charge in [0.2, 0.25) is 0 Å². The number of aliphatic carboxylic acids is 2. The van der Waals surface area contributed by atoms with Crippen LogP contribution in [0, 0.1) is 5.82 Å². The molecule has 5 rings (SSSR count). The number of carboxylic acids is 2. The van der Waals surface area contributed by atoms with Crippen molar-refractivity contribution in [1.29, 1.82) is 0 Å². The zero-order valence-electron chi connectivity index (χ0n) is 23.0. The predicted octanol–water partition coefficient (Wildman–Crippen LogP) is 5.82. The van der Waals surface area contributed by atoms with E-state index in [2.05, 4.69) is 25.5 Å². The van der Waals surface area contributed by atoms with Crippen molar-refractivity contribution in [2.75, 3.05) is 13.1 Å². The number of piperidine rings is 1. The lowest BCUT2D eigenvalue weighted by molar-refractivity contribution is -0.193. The first kappa shape index (κ1) is 33.9. The Labute approximate surface area is 245 Å². The number of benzene rings is 1. The summed E-state index contributed by atoms with van der Waals surface area (Å²) >= 11 is 0. The van der Waals surface area contributed by atoms with E-state index in [0.29, 0.717) is 5.92 Å². The van der Waals surface area contributed by atoms with E-state index in [1.165, 1.54) is 12.1 Å². The van der Waals surface area contributed by atoms with E-state index in [0.717, 1.165) is 66.0 Å². The van der Waals surface area contributed by atoms with Crippen LogP contribution < -0.4 is 0 Å². The Bertz CT molecular complexity index is 1530. The van der Waals surface area contributed by atoms with Gasteiger partial charge in [0.05, 0.1) is 17.5 Å². The average Bonchev–Trinajstić information content (AvgIpc) is 3.35. The third-order valence-electron chi connectivity index (χ3n) is 6.48. The third kappa shape index (κ3) is 9.45. The molecule has 1 aromatic carbocycles. The lowest BCUT2D eigenvalue weighted by Crippen LogP contribution is -2.32. The number of rotatable bonds is 4. The Balaban J connectivity index is 0.000000317. The van der Waals surface area contributed by atoms with Crippen LogP contribution in [0.5, 0.6) is 0 Å². The molecule has 0 saturated carbocycles. The van der Waals surface area contributed by atoms with E-state index in [9.17, 15) is 30.7 Å². The van der Waals surface area contributed by atoms with Crippen molar-refractivity contribution in [3.05, 3.63) is 78.3 Å². The number of nitrogens with zero attached hydrogens (tertiary/aromatic N) is 5. The molecular formula is C28H26F7N5O4. The van der Waals surface area contributed by atoms with Crippen molar-refractivity contribution < 1.29 is 50.5 Å². The molecule has 44 heavy (non-hydrogen) atoms. The van der Waals surface area contributed by atoms with Crippen molar-refractivity contribution in [1.82, 2.24) is 24.4 Å². The number of halogens is 7. The Morgan fingerprint density at radius 2 is 1.52 bits per heavy atom. The molecular weight excluding hydrogens is 603 g/mol. The maximum absolute atomic E-state index is 13.1. The van der Waals surface area contributed by atoms with Crippen molar-refractivity contribution >= 4 is 23.0 Å². The Kier molecular flexibility index (Phi) is 11.0. The maximum atomic E-state index is 13.1. The summed E-state index contributed by atoms with van der Waals surface area (Å²) < 4.78 is 78.7. The highest BCUT2D eigenvalue weighted by atomic mass is 19.4. The van der Waals surface area contributed by atoms with Gasteiger partial charge in [-0.25, -0.2) is 19.0 Å².